The topological polar surface area (TPSA) is 17.0 Å². The molecule has 16 heavy (non-hydrogen) atoms. The fourth-order valence-corrected chi connectivity index (χ4v) is 1.99. The Labute approximate surface area is 96.6 Å². The van der Waals surface area contributed by atoms with Gasteiger partial charge in [-0.1, -0.05) is 18.2 Å². The fourth-order valence-electron chi connectivity index (χ4n) is 1.99. The largest absolute Gasteiger partial charge is 0.343 e. The minimum absolute atomic E-state index is 0.898. The van der Waals surface area contributed by atoms with E-state index in [1.54, 1.807) is 0 Å². The van der Waals surface area contributed by atoms with Crippen LogP contribution >= 0.6 is 0 Å². The lowest BCUT2D eigenvalue weighted by Gasteiger charge is -2.05. The van der Waals surface area contributed by atoms with Crippen molar-refractivity contribution in [3.05, 3.63) is 48.2 Å². The van der Waals surface area contributed by atoms with Crippen LogP contribution in [0.1, 0.15) is 12.5 Å². The molecular weight excluding hydrogens is 196 g/mol. The predicted molar refractivity (Wildman–Crippen MR) is 69.5 cm³/mol. The van der Waals surface area contributed by atoms with E-state index in [0.29, 0.717) is 0 Å². The number of nitrogens with zero attached hydrogens (tertiary/aromatic N) is 1. The summed E-state index contributed by atoms with van der Waals surface area (Å²) in [5, 5.41) is 4.47. The summed E-state index contributed by atoms with van der Waals surface area (Å²) in [4.78, 5) is 0. The third-order valence-electron chi connectivity index (χ3n) is 2.66. The summed E-state index contributed by atoms with van der Waals surface area (Å²) < 4.78 is 2.24. The maximum atomic E-state index is 3.95. The quantitative estimate of drug-likeness (QED) is 0.774. The summed E-state index contributed by atoms with van der Waals surface area (Å²) in [6, 6.07) is 8.76. The Bertz CT molecular complexity index is 508. The van der Waals surface area contributed by atoms with Gasteiger partial charge in [-0.05, 0) is 43.1 Å². The highest BCUT2D eigenvalue weighted by Gasteiger charge is 2.01. The van der Waals surface area contributed by atoms with Gasteiger partial charge in [0.2, 0.25) is 0 Å². The summed E-state index contributed by atoms with van der Waals surface area (Å²) >= 11 is 0. The SMILES string of the molecule is C=C(C)Cn1ccc2cc(CNC)ccc21. The summed E-state index contributed by atoms with van der Waals surface area (Å²) in [6.45, 7) is 7.83. The maximum absolute atomic E-state index is 3.95. The fraction of sp³-hybridized carbons (Fsp3) is 0.286. The zero-order valence-corrected chi connectivity index (χ0v) is 9.96. The highest BCUT2D eigenvalue weighted by molar-refractivity contribution is 5.80. The lowest BCUT2D eigenvalue weighted by molar-refractivity contribution is 0.814. The van der Waals surface area contributed by atoms with Crippen LogP contribution < -0.4 is 5.32 Å². The molecule has 84 valence electrons. The van der Waals surface area contributed by atoms with Crippen molar-refractivity contribution in [2.45, 2.75) is 20.0 Å². The van der Waals surface area contributed by atoms with Crippen LogP contribution in [0.2, 0.25) is 0 Å². The van der Waals surface area contributed by atoms with Gasteiger partial charge in [-0.3, -0.25) is 0 Å². The van der Waals surface area contributed by atoms with Crippen LogP contribution in [0.15, 0.2) is 42.6 Å². The van der Waals surface area contributed by atoms with E-state index in [0.717, 1.165) is 13.1 Å². The molecule has 0 saturated heterocycles. The lowest BCUT2D eigenvalue weighted by Crippen LogP contribution is -2.04. The molecule has 0 aliphatic rings. The van der Waals surface area contributed by atoms with E-state index in [1.165, 1.54) is 22.0 Å². The Morgan fingerprint density at radius 1 is 1.38 bits per heavy atom. The molecule has 1 N–H and O–H groups in total. The number of rotatable bonds is 4. The molecule has 0 atom stereocenters. The number of hydrogen-bond donors (Lipinski definition) is 1. The molecule has 1 heterocycles. The molecule has 1 aromatic carbocycles. The molecule has 0 saturated carbocycles. The van der Waals surface area contributed by atoms with Crippen molar-refractivity contribution >= 4 is 10.9 Å². The zero-order valence-electron chi connectivity index (χ0n) is 9.96. The van der Waals surface area contributed by atoms with Gasteiger partial charge in [-0.25, -0.2) is 0 Å². The van der Waals surface area contributed by atoms with Gasteiger partial charge in [0.1, 0.15) is 0 Å². The van der Waals surface area contributed by atoms with Gasteiger partial charge in [0, 0.05) is 24.8 Å². The van der Waals surface area contributed by atoms with Crippen LogP contribution in [0.4, 0.5) is 0 Å². The van der Waals surface area contributed by atoms with E-state index in [1.807, 2.05) is 7.05 Å². The van der Waals surface area contributed by atoms with Gasteiger partial charge >= 0.3 is 0 Å². The molecule has 0 bridgehead atoms. The number of aromatic nitrogens is 1. The van der Waals surface area contributed by atoms with Crippen LogP contribution in [-0.4, -0.2) is 11.6 Å². The van der Waals surface area contributed by atoms with Gasteiger partial charge in [0.15, 0.2) is 0 Å². The van der Waals surface area contributed by atoms with Gasteiger partial charge in [0.25, 0.3) is 0 Å². The Balaban J connectivity index is 2.38. The van der Waals surface area contributed by atoms with E-state index in [2.05, 4.69) is 53.8 Å². The first-order valence-electron chi connectivity index (χ1n) is 5.57. The maximum Gasteiger partial charge on any atom is 0.0483 e. The van der Waals surface area contributed by atoms with Crippen molar-refractivity contribution in [2.24, 2.45) is 0 Å². The van der Waals surface area contributed by atoms with E-state index >= 15 is 0 Å². The van der Waals surface area contributed by atoms with Crippen LogP contribution in [0.25, 0.3) is 10.9 Å². The lowest BCUT2D eigenvalue weighted by atomic mass is 10.1. The van der Waals surface area contributed by atoms with E-state index in [4.69, 9.17) is 0 Å². The van der Waals surface area contributed by atoms with Crippen molar-refractivity contribution in [1.82, 2.24) is 9.88 Å². The van der Waals surface area contributed by atoms with Gasteiger partial charge < -0.3 is 9.88 Å². The highest BCUT2D eigenvalue weighted by atomic mass is 14.9. The first-order chi connectivity index (χ1) is 7.70. The van der Waals surface area contributed by atoms with E-state index in [9.17, 15) is 0 Å². The van der Waals surface area contributed by atoms with Crippen molar-refractivity contribution in [3.63, 3.8) is 0 Å². The molecule has 0 aliphatic carbocycles. The minimum Gasteiger partial charge on any atom is -0.343 e. The highest BCUT2D eigenvalue weighted by Crippen LogP contribution is 2.18. The number of nitrogens with one attached hydrogen (secondary N) is 1. The molecule has 2 aromatic rings. The third-order valence-corrected chi connectivity index (χ3v) is 2.66. The molecule has 0 amide bonds. The summed E-state index contributed by atoms with van der Waals surface area (Å²) in [5.41, 5.74) is 3.78. The van der Waals surface area contributed by atoms with Crippen LogP contribution in [0, 0.1) is 0 Å². The van der Waals surface area contributed by atoms with Gasteiger partial charge in [-0.2, -0.15) is 0 Å². The smallest absolute Gasteiger partial charge is 0.0483 e. The molecule has 2 heteroatoms. The van der Waals surface area contributed by atoms with Gasteiger partial charge in [0.05, 0.1) is 0 Å². The molecule has 2 nitrogen and oxygen atoms in total. The van der Waals surface area contributed by atoms with Crippen LogP contribution in [0.5, 0.6) is 0 Å². The Kier molecular flexibility index (Phi) is 3.11. The number of hydrogen-bond acceptors (Lipinski definition) is 1. The molecule has 0 unspecified atom stereocenters. The Morgan fingerprint density at radius 2 is 2.19 bits per heavy atom. The second-order valence-electron chi connectivity index (χ2n) is 4.32. The second-order valence-corrected chi connectivity index (χ2v) is 4.32. The minimum atomic E-state index is 0.898. The Morgan fingerprint density at radius 3 is 2.88 bits per heavy atom. The average Bonchev–Trinajstić information content (AvgIpc) is 2.61. The first kappa shape index (κ1) is 11.0. The molecule has 2 rings (SSSR count). The molecule has 1 aromatic heterocycles. The number of benzene rings is 1. The average molecular weight is 214 g/mol. The normalized spacial score (nSPS) is 10.9. The van der Waals surface area contributed by atoms with E-state index in [-0.39, 0.29) is 0 Å². The standard InChI is InChI=1S/C14H18N2/c1-11(2)10-16-7-6-13-8-12(9-15-3)4-5-14(13)16/h4-8,15H,1,9-10H2,2-3H3. The summed E-state index contributed by atoms with van der Waals surface area (Å²) in [7, 11) is 1.97. The monoisotopic (exact) mass is 214 g/mol. The van der Waals surface area contributed by atoms with Crippen LogP contribution in [0.3, 0.4) is 0 Å². The van der Waals surface area contributed by atoms with Crippen molar-refractivity contribution in [3.8, 4) is 0 Å². The predicted octanol–water partition coefficient (Wildman–Crippen LogP) is 2.94. The molecule has 0 fully saturated rings. The van der Waals surface area contributed by atoms with Crippen LogP contribution in [-0.2, 0) is 13.1 Å². The third kappa shape index (κ3) is 2.17. The number of fused-ring (bicyclic) bond motifs is 1. The van der Waals surface area contributed by atoms with Crippen molar-refractivity contribution < 1.29 is 0 Å². The zero-order chi connectivity index (χ0) is 11.5. The molecule has 0 aliphatic heterocycles. The van der Waals surface area contributed by atoms with E-state index < -0.39 is 0 Å². The molecular formula is C14H18N2. The molecule has 0 radical (unpaired) electrons. The van der Waals surface area contributed by atoms with Crippen molar-refractivity contribution in [2.75, 3.05) is 7.05 Å². The summed E-state index contributed by atoms with van der Waals surface area (Å²) in [6.07, 6.45) is 2.13. The number of allylic oxidation sites excluding steroid dienone is 1. The summed E-state index contributed by atoms with van der Waals surface area (Å²) in [5.74, 6) is 0. The Hall–Kier alpha value is -1.54. The van der Waals surface area contributed by atoms with Gasteiger partial charge in [-0.15, -0.1) is 0 Å². The second kappa shape index (κ2) is 4.54. The van der Waals surface area contributed by atoms with Crippen molar-refractivity contribution in [1.29, 1.82) is 0 Å². The first-order valence-corrected chi connectivity index (χ1v) is 5.57. The molecule has 0 spiro atoms.